The second kappa shape index (κ2) is 6.89. The first-order chi connectivity index (χ1) is 9.52. The molecule has 0 atom stereocenters. The van der Waals surface area contributed by atoms with E-state index in [4.69, 9.17) is 0 Å². The number of benzene rings is 1. The number of carbonyl (C=O) groups excluding carboxylic acids is 1. The van der Waals surface area contributed by atoms with Crippen LogP contribution in [0, 0.1) is 9.49 Å². The van der Waals surface area contributed by atoms with Crippen LogP contribution in [0.4, 0.5) is 0 Å². The molecule has 1 aromatic rings. The van der Waals surface area contributed by atoms with Crippen molar-refractivity contribution in [3.05, 3.63) is 33.4 Å². The molecule has 3 nitrogen and oxygen atoms in total. The van der Waals surface area contributed by atoms with Gasteiger partial charge in [0.05, 0.1) is 5.60 Å². The summed E-state index contributed by atoms with van der Waals surface area (Å²) in [5.74, 6) is 0.635. The molecule has 0 radical (unpaired) electrons. The summed E-state index contributed by atoms with van der Waals surface area (Å²) in [6.07, 6.45) is 4.89. The highest BCUT2D eigenvalue weighted by Crippen LogP contribution is 2.33. The Hall–Kier alpha value is -0.620. The van der Waals surface area contributed by atoms with Crippen LogP contribution in [-0.4, -0.2) is 23.2 Å². The zero-order valence-electron chi connectivity index (χ0n) is 11.9. The van der Waals surface area contributed by atoms with Crippen LogP contribution in [0.3, 0.4) is 0 Å². The molecule has 1 aromatic carbocycles. The van der Waals surface area contributed by atoms with E-state index in [1.165, 1.54) is 6.42 Å². The molecule has 110 valence electrons. The summed E-state index contributed by atoms with van der Waals surface area (Å²) in [6, 6.07) is 7.48. The standard InChI is InChI=1S/C16H22INO2/c1-2-12-6-8-16(20,9-7-12)11-18-15(19)13-4-3-5-14(17)10-13/h3-5,10,12,20H,2,6-9,11H2,1H3,(H,18,19). The fourth-order valence-corrected chi connectivity index (χ4v) is 3.32. The number of rotatable bonds is 4. The molecular formula is C16H22INO2. The Bertz CT molecular complexity index is 467. The second-order valence-corrected chi connectivity index (χ2v) is 7.01. The van der Waals surface area contributed by atoms with Crippen molar-refractivity contribution in [2.45, 2.75) is 44.6 Å². The normalized spacial score (nSPS) is 26.2. The first kappa shape index (κ1) is 15.8. The van der Waals surface area contributed by atoms with Crippen molar-refractivity contribution in [2.24, 2.45) is 5.92 Å². The molecule has 0 saturated heterocycles. The van der Waals surface area contributed by atoms with Crippen molar-refractivity contribution in [1.29, 1.82) is 0 Å². The van der Waals surface area contributed by atoms with Crippen LogP contribution in [-0.2, 0) is 0 Å². The van der Waals surface area contributed by atoms with Gasteiger partial charge in [-0.15, -0.1) is 0 Å². The highest BCUT2D eigenvalue weighted by atomic mass is 127. The molecule has 20 heavy (non-hydrogen) atoms. The average molecular weight is 387 g/mol. The van der Waals surface area contributed by atoms with Crippen LogP contribution in [0.1, 0.15) is 49.4 Å². The summed E-state index contributed by atoms with van der Waals surface area (Å²) in [6.45, 7) is 2.56. The van der Waals surface area contributed by atoms with Crippen LogP contribution >= 0.6 is 22.6 Å². The average Bonchev–Trinajstić information content (AvgIpc) is 2.46. The van der Waals surface area contributed by atoms with Crippen molar-refractivity contribution in [1.82, 2.24) is 5.32 Å². The minimum absolute atomic E-state index is 0.102. The van der Waals surface area contributed by atoms with Gasteiger partial charge in [0.25, 0.3) is 5.91 Å². The van der Waals surface area contributed by atoms with Gasteiger partial charge in [-0.25, -0.2) is 0 Å². The number of amides is 1. The predicted molar refractivity (Wildman–Crippen MR) is 88.7 cm³/mol. The SMILES string of the molecule is CCC1CCC(O)(CNC(=O)c2cccc(I)c2)CC1. The molecule has 1 saturated carbocycles. The summed E-state index contributed by atoms with van der Waals surface area (Å²) < 4.78 is 1.04. The highest BCUT2D eigenvalue weighted by Gasteiger charge is 2.32. The molecule has 0 aromatic heterocycles. The number of hydrogen-bond donors (Lipinski definition) is 2. The summed E-state index contributed by atoms with van der Waals surface area (Å²) in [5, 5.41) is 13.4. The summed E-state index contributed by atoms with van der Waals surface area (Å²) in [4.78, 5) is 12.1. The summed E-state index contributed by atoms with van der Waals surface area (Å²) in [7, 11) is 0. The van der Waals surface area contributed by atoms with Crippen LogP contribution in [0.5, 0.6) is 0 Å². The number of carbonyl (C=O) groups is 1. The molecule has 1 fully saturated rings. The van der Waals surface area contributed by atoms with E-state index in [-0.39, 0.29) is 5.91 Å². The second-order valence-electron chi connectivity index (χ2n) is 5.77. The fourth-order valence-electron chi connectivity index (χ4n) is 2.78. The molecule has 0 bridgehead atoms. The molecule has 2 rings (SSSR count). The van der Waals surface area contributed by atoms with Gasteiger partial charge in [-0.05, 0) is 72.4 Å². The van der Waals surface area contributed by atoms with Gasteiger partial charge >= 0.3 is 0 Å². The first-order valence-corrected chi connectivity index (χ1v) is 8.36. The zero-order valence-corrected chi connectivity index (χ0v) is 14.0. The fraction of sp³-hybridized carbons (Fsp3) is 0.562. The molecule has 1 aliphatic carbocycles. The molecule has 0 spiro atoms. The maximum absolute atomic E-state index is 12.1. The molecule has 0 aliphatic heterocycles. The van der Waals surface area contributed by atoms with E-state index in [2.05, 4.69) is 34.8 Å². The topological polar surface area (TPSA) is 49.3 Å². The molecule has 0 heterocycles. The lowest BCUT2D eigenvalue weighted by atomic mass is 9.78. The van der Waals surface area contributed by atoms with Crippen LogP contribution in [0.25, 0.3) is 0 Å². The molecular weight excluding hydrogens is 365 g/mol. The van der Waals surface area contributed by atoms with E-state index in [9.17, 15) is 9.90 Å². The Morgan fingerprint density at radius 3 is 2.75 bits per heavy atom. The van der Waals surface area contributed by atoms with Crippen molar-refractivity contribution in [3.63, 3.8) is 0 Å². The van der Waals surface area contributed by atoms with E-state index < -0.39 is 5.60 Å². The van der Waals surface area contributed by atoms with Gasteiger partial charge < -0.3 is 10.4 Å². The zero-order chi connectivity index (χ0) is 14.6. The Morgan fingerprint density at radius 1 is 1.45 bits per heavy atom. The molecule has 4 heteroatoms. The minimum Gasteiger partial charge on any atom is -0.388 e. The van der Waals surface area contributed by atoms with Gasteiger partial charge in [0, 0.05) is 15.7 Å². The lowest BCUT2D eigenvalue weighted by Gasteiger charge is -2.35. The van der Waals surface area contributed by atoms with Crippen molar-refractivity contribution in [3.8, 4) is 0 Å². The number of aliphatic hydroxyl groups is 1. The third-order valence-electron chi connectivity index (χ3n) is 4.28. The summed E-state index contributed by atoms with van der Waals surface area (Å²) in [5.41, 5.74) is -0.0637. The third-order valence-corrected chi connectivity index (χ3v) is 4.95. The Morgan fingerprint density at radius 2 is 2.15 bits per heavy atom. The van der Waals surface area contributed by atoms with Crippen molar-refractivity contribution < 1.29 is 9.90 Å². The molecule has 1 amide bonds. The third kappa shape index (κ3) is 4.19. The number of nitrogens with one attached hydrogen (secondary N) is 1. The van der Waals surface area contributed by atoms with Crippen LogP contribution in [0.2, 0.25) is 0 Å². The monoisotopic (exact) mass is 387 g/mol. The molecule has 2 N–H and O–H groups in total. The Kier molecular flexibility index (Phi) is 5.43. The molecule has 1 aliphatic rings. The van der Waals surface area contributed by atoms with Crippen molar-refractivity contribution >= 4 is 28.5 Å². The minimum atomic E-state index is -0.719. The van der Waals surface area contributed by atoms with E-state index in [1.54, 1.807) is 6.07 Å². The Balaban J connectivity index is 1.87. The van der Waals surface area contributed by atoms with E-state index >= 15 is 0 Å². The quantitative estimate of drug-likeness (QED) is 0.779. The van der Waals surface area contributed by atoms with E-state index in [1.807, 2.05) is 18.2 Å². The van der Waals surface area contributed by atoms with Gasteiger partial charge in [0.1, 0.15) is 0 Å². The number of halogens is 1. The van der Waals surface area contributed by atoms with Gasteiger partial charge in [0.15, 0.2) is 0 Å². The van der Waals surface area contributed by atoms with Crippen molar-refractivity contribution in [2.75, 3.05) is 6.54 Å². The largest absolute Gasteiger partial charge is 0.388 e. The van der Waals surface area contributed by atoms with Crippen LogP contribution < -0.4 is 5.32 Å². The number of hydrogen-bond acceptors (Lipinski definition) is 2. The lowest BCUT2D eigenvalue weighted by molar-refractivity contribution is -0.00786. The first-order valence-electron chi connectivity index (χ1n) is 7.28. The van der Waals surface area contributed by atoms with Crippen LogP contribution in [0.15, 0.2) is 24.3 Å². The molecule has 0 unspecified atom stereocenters. The highest BCUT2D eigenvalue weighted by molar-refractivity contribution is 14.1. The summed E-state index contributed by atoms with van der Waals surface area (Å²) >= 11 is 2.19. The maximum Gasteiger partial charge on any atom is 0.251 e. The van der Waals surface area contributed by atoms with Gasteiger partial charge in [-0.1, -0.05) is 19.4 Å². The van der Waals surface area contributed by atoms with E-state index in [0.717, 1.165) is 35.2 Å². The smallest absolute Gasteiger partial charge is 0.251 e. The van der Waals surface area contributed by atoms with Gasteiger partial charge in [-0.3, -0.25) is 4.79 Å². The van der Waals surface area contributed by atoms with Gasteiger partial charge in [0.2, 0.25) is 0 Å². The Labute approximate surface area is 134 Å². The van der Waals surface area contributed by atoms with Gasteiger partial charge in [-0.2, -0.15) is 0 Å². The van der Waals surface area contributed by atoms with E-state index in [0.29, 0.717) is 12.1 Å². The predicted octanol–water partition coefficient (Wildman–Crippen LogP) is 3.35. The maximum atomic E-state index is 12.1. The lowest BCUT2D eigenvalue weighted by Crippen LogP contribution is -2.45.